The van der Waals surface area contributed by atoms with Crippen molar-refractivity contribution in [1.29, 1.82) is 0 Å². The van der Waals surface area contributed by atoms with Gasteiger partial charge in [0, 0.05) is 11.5 Å². The summed E-state index contributed by atoms with van der Waals surface area (Å²) in [5.74, 6) is 1.87. The van der Waals surface area contributed by atoms with E-state index in [0.29, 0.717) is 34.8 Å². The Hall–Kier alpha value is -2.57. The first-order chi connectivity index (χ1) is 14.4. The van der Waals surface area contributed by atoms with Gasteiger partial charge >= 0.3 is 5.97 Å². The summed E-state index contributed by atoms with van der Waals surface area (Å²) in [6.07, 6.45) is 6.59. The van der Waals surface area contributed by atoms with Crippen LogP contribution in [0.2, 0.25) is 0 Å². The van der Waals surface area contributed by atoms with Crippen LogP contribution in [-0.4, -0.2) is 45.0 Å². The summed E-state index contributed by atoms with van der Waals surface area (Å²) in [5, 5.41) is 2.77. The molecule has 0 aliphatic heterocycles. The summed E-state index contributed by atoms with van der Waals surface area (Å²) in [4.78, 5) is 37.4. The van der Waals surface area contributed by atoms with Gasteiger partial charge in [-0.2, -0.15) is 0 Å². The topological polar surface area (TPSA) is 90.9 Å². The molecule has 1 N–H and O–H groups in total. The molecular weight excluding hydrogens is 386 g/mol. The van der Waals surface area contributed by atoms with Crippen LogP contribution in [-0.2, 0) is 14.3 Å². The van der Waals surface area contributed by atoms with Gasteiger partial charge in [-0.1, -0.05) is 0 Å². The van der Waals surface area contributed by atoms with Crippen molar-refractivity contribution in [2.24, 2.45) is 23.2 Å². The van der Waals surface area contributed by atoms with E-state index in [1.165, 1.54) is 33.5 Å². The maximum absolute atomic E-state index is 12.9. The van der Waals surface area contributed by atoms with Gasteiger partial charge in [-0.15, -0.1) is 0 Å². The number of methoxy groups -OCH3 is 2. The Morgan fingerprint density at radius 3 is 2.20 bits per heavy atom. The number of esters is 1. The second kappa shape index (κ2) is 8.28. The molecule has 0 spiro atoms. The molecule has 4 saturated carbocycles. The Balaban J connectivity index is 1.27. The van der Waals surface area contributed by atoms with Crippen molar-refractivity contribution in [3.63, 3.8) is 0 Å². The molecule has 4 fully saturated rings. The predicted octanol–water partition coefficient (Wildman–Crippen LogP) is 2.76. The summed E-state index contributed by atoms with van der Waals surface area (Å²) >= 11 is 0. The van der Waals surface area contributed by atoms with Gasteiger partial charge in [0.05, 0.1) is 19.8 Å². The molecule has 0 atom stereocenters. The highest BCUT2D eigenvalue weighted by Gasteiger charge is 2.54. The average Bonchev–Trinajstić information content (AvgIpc) is 2.74. The van der Waals surface area contributed by atoms with E-state index in [-0.39, 0.29) is 23.7 Å². The number of ether oxygens (including phenoxy) is 3. The number of amides is 1. The number of benzene rings is 1. The van der Waals surface area contributed by atoms with Crippen molar-refractivity contribution in [2.75, 3.05) is 27.4 Å². The second-order valence-corrected chi connectivity index (χ2v) is 9.03. The largest absolute Gasteiger partial charge is 0.497 e. The normalized spacial score (nSPS) is 28.7. The minimum Gasteiger partial charge on any atom is -0.497 e. The lowest BCUT2D eigenvalue weighted by Crippen LogP contribution is -2.54. The third kappa shape index (κ3) is 4.02. The van der Waals surface area contributed by atoms with Gasteiger partial charge in [0.25, 0.3) is 0 Å². The van der Waals surface area contributed by atoms with E-state index in [1.54, 1.807) is 18.2 Å². The molecule has 0 saturated heterocycles. The van der Waals surface area contributed by atoms with Crippen molar-refractivity contribution in [3.05, 3.63) is 23.8 Å². The number of carbonyl (C=O) groups excluding carboxylic acids is 3. The number of ketones is 1. The number of hydrogen-bond acceptors (Lipinski definition) is 6. The molecule has 30 heavy (non-hydrogen) atoms. The maximum Gasteiger partial charge on any atom is 0.325 e. The number of nitrogens with one attached hydrogen (secondary N) is 1. The summed E-state index contributed by atoms with van der Waals surface area (Å²) in [7, 11) is 2.98. The van der Waals surface area contributed by atoms with Crippen molar-refractivity contribution < 1.29 is 28.6 Å². The van der Waals surface area contributed by atoms with E-state index in [2.05, 4.69) is 5.32 Å². The van der Waals surface area contributed by atoms with Crippen LogP contribution in [0.1, 0.15) is 48.9 Å². The SMILES string of the molecule is COc1ccc(C(=O)COC(=O)CNC(=O)C23CC4CC(CC(C4)C2)C3)c(OC)c1. The zero-order valence-electron chi connectivity index (χ0n) is 17.6. The van der Waals surface area contributed by atoms with Gasteiger partial charge in [-0.3, -0.25) is 14.4 Å². The molecule has 5 rings (SSSR count). The van der Waals surface area contributed by atoms with Crippen molar-refractivity contribution in [2.45, 2.75) is 38.5 Å². The Morgan fingerprint density at radius 2 is 1.63 bits per heavy atom. The van der Waals surface area contributed by atoms with Gasteiger partial charge in [-0.25, -0.2) is 0 Å². The second-order valence-electron chi connectivity index (χ2n) is 9.03. The number of Topliss-reactive ketones (excluding diaryl/α,β-unsaturated/α-hetero) is 1. The van der Waals surface area contributed by atoms with Gasteiger partial charge in [-0.05, 0) is 68.4 Å². The fourth-order valence-electron chi connectivity index (χ4n) is 6.03. The molecule has 4 aliphatic rings. The smallest absolute Gasteiger partial charge is 0.325 e. The van der Waals surface area contributed by atoms with E-state index in [1.807, 2.05) is 0 Å². The van der Waals surface area contributed by atoms with Crippen LogP contribution in [0.4, 0.5) is 0 Å². The predicted molar refractivity (Wildman–Crippen MR) is 108 cm³/mol. The highest BCUT2D eigenvalue weighted by molar-refractivity contribution is 6.00. The molecule has 4 aliphatic carbocycles. The van der Waals surface area contributed by atoms with Crippen molar-refractivity contribution in [3.8, 4) is 11.5 Å². The first-order valence-electron chi connectivity index (χ1n) is 10.6. The van der Waals surface area contributed by atoms with E-state index >= 15 is 0 Å². The Morgan fingerprint density at radius 1 is 1.00 bits per heavy atom. The summed E-state index contributed by atoms with van der Waals surface area (Å²) in [6, 6.07) is 4.81. The molecule has 0 aromatic heterocycles. The molecule has 7 heteroatoms. The lowest BCUT2D eigenvalue weighted by Gasteiger charge is -2.55. The molecule has 0 radical (unpaired) electrons. The molecule has 4 bridgehead atoms. The molecular formula is C23H29NO6. The standard InChI is InChI=1S/C23H29NO6/c1-28-17-3-4-18(20(8-17)29-2)19(25)13-30-21(26)12-24-22(27)23-9-14-5-15(10-23)7-16(6-14)11-23/h3-4,8,14-16H,5-7,9-13H2,1-2H3,(H,24,27). The third-order valence-electron chi connectivity index (χ3n) is 6.99. The van der Waals surface area contributed by atoms with Crippen molar-refractivity contribution >= 4 is 17.7 Å². The van der Waals surface area contributed by atoms with Gasteiger partial charge in [0.1, 0.15) is 18.0 Å². The van der Waals surface area contributed by atoms with E-state index in [9.17, 15) is 14.4 Å². The van der Waals surface area contributed by atoms with Crippen LogP contribution in [0.15, 0.2) is 18.2 Å². The summed E-state index contributed by atoms with van der Waals surface area (Å²) in [5.41, 5.74) is 0.00473. The van der Waals surface area contributed by atoms with Crippen LogP contribution in [0.25, 0.3) is 0 Å². The molecule has 1 amide bonds. The number of carbonyl (C=O) groups is 3. The lowest BCUT2D eigenvalue weighted by atomic mass is 9.49. The molecule has 162 valence electrons. The quantitative estimate of drug-likeness (QED) is 0.519. The van der Waals surface area contributed by atoms with Gasteiger partial charge < -0.3 is 19.5 Å². The molecule has 7 nitrogen and oxygen atoms in total. The monoisotopic (exact) mass is 415 g/mol. The van der Waals surface area contributed by atoms with Crippen LogP contribution >= 0.6 is 0 Å². The Bertz CT molecular complexity index is 813. The maximum atomic E-state index is 12.9. The zero-order valence-corrected chi connectivity index (χ0v) is 17.6. The highest BCUT2D eigenvalue weighted by atomic mass is 16.5. The van der Waals surface area contributed by atoms with Gasteiger partial charge in [0.2, 0.25) is 11.7 Å². The minimum atomic E-state index is -0.617. The van der Waals surface area contributed by atoms with Crippen LogP contribution in [0, 0.1) is 23.2 Å². The molecule has 0 heterocycles. The molecule has 1 aromatic rings. The Labute approximate surface area is 176 Å². The zero-order chi connectivity index (χ0) is 21.3. The van der Waals surface area contributed by atoms with Crippen LogP contribution in [0.3, 0.4) is 0 Å². The van der Waals surface area contributed by atoms with E-state index in [0.717, 1.165) is 19.3 Å². The molecule has 0 unspecified atom stereocenters. The Kier molecular flexibility index (Phi) is 5.71. The minimum absolute atomic E-state index is 0.0262. The summed E-state index contributed by atoms with van der Waals surface area (Å²) < 4.78 is 15.4. The van der Waals surface area contributed by atoms with Gasteiger partial charge in [0.15, 0.2) is 6.61 Å². The first-order valence-corrected chi connectivity index (χ1v) is 10.6. The van der Waals surface area contributed by atoms with Crippen molar-refractivity contribution in [1.82, 2.24) is 5.32 Å². The fraction of sp³-hybridized carbons (Fsp3) is 0.609. The highest BCUT2D eigenvalue weighted by Crippen LogP contribution is 2.60. The first kappa shape index (κ1) is 20.7. The fourth-order valence-corrected chi connectivity index (χ4v) is 6.03. The van der Waals surface area contributed by atoms with E-state index in [4.69, 9.17) is 14.2 Å². The summed E-state index contributed by atoms with van der Waals surface area (Å²) in [6.45, 7) is -0.623. The third-order valence-corrected chi connectivity index (χ3v) is 6.99. The van der Waals surface area contributed by atoms with E-state index < -0.39 is 12.6 Å². The average molecular weight is 415 g/mol. The van der Waals surface area contributed by atoms with Crippen LogP contribution in [0.5, 0.6) is 11.5 Å². The van der Waals surface area contributed by atoms with Crippen LogP contribution < -0.4 is 14.8 Å². The molecule has 1 aromatic carbocycles. The lowest BCUT2D eigenvalue weighted by molar-refractivity contribution is -0.150. The number of hydrogen-bond donors (Lipinski definition) is 1. The number of rotatable bonds is 8.